The monoisotopic (exact) mass is 362 g/mol. The summed E-state index contributed by atoms with van der Waals surface area (Å²) < 4.78 is 74.2. The Morgan fingerprint density at radius 2 is 1.70 bits per heavy atom. The molecular weight excluding hydrogens is 354 g/mol. The van der Waals surface area contributed by atoms with Crippen LogP contribution in [0.15, 0.2) is 22.7 Å². The van der Waals surface area contributed by atoms with Crippen LogP contribution >= 0.6 is 15.9 Å². The molecule has 0 atom stereocenters. The van der Waals surface area contributed by atoms with Crippen molar-refractivity contribution in [1.29, 1.82) is 0 Å². The van der Waals surface area contributed by atoms with Crippen LogP contribution in [0.25, 0.3) is 0 Å². The molecule has 0 saturated heterocycles. The minimum absolute atomic E-state index is 0.136. The Kier molecular flexibility index (Phi) is 5.23. The van der Waals surface area contributed by atoms with Gasteiger partial charge in [0.25, 0.3) is 0 Å². The molecule has 1 aromatic rings. The zero-order valence-electron chi connectivity index (χ0n) is 9.91. The van der Waals surface area contributed by atoms with Crippen LogP contribution in [0.4, 0.5) is 26.3 Å². The van der Waals surface area contributed by atoms with Gasteiger partial charge in [0, 0.05) is 22.9 Å². The summed E-state index contributed by atoms with van der Waals surface area (Å²) in [6.45, 7) is 0. The highest BCUT2D eigenvalue weighted by atomic mass is 79.9. The summed E-state index contributed by atoms with van der Waals surface area (Å²) in [5.41, 5.74) is -1.76. The van der Waals surface area contributed by atoms with Crippen molar-refractivity contribution in [1.82, 2.24) is 0 Å². The molecule has 0 aromatic heterocycles. The van der Waals surface area contributed by atoms with Gasteiger partial charge in [-0.25, -0.2) is 0 Å². The van der Waals surface area contributed by atoms with E-state index in [0.29, 0.717) is 0 Å². The maximum Gasteiger partial charge on any atom is 0.417 e. The molecule has 1 aromatic carbocycles. The topological polar surface area (TPSA) is 17.1 Å². The lowest BCUT2D eigenvalue weighted by atomic mass is 9.99. The second kappa shape index (κ2) is 6.15. The number of Topliss-reactive ketones (excluding diaryl/α,β-unsaturated/α-hetero) is 1. The summed E-state index contributed by atoms with van der Waals surface area (Å²) in [5.74, 6) is -0.950. The van der Waals surface area contributed by atoms with E-state index in [2.05, 4.69) is 15.9 Å². The molecule has 0 bridgehead atoms. The molecule has 0 saturated carbocycles. The van der Waals surface area contributed by atoms with E-state index in [-0.39, 0.29) is 4.47 Å². The second-order valence-corrected chi connectivity index (χ2v) is 5.00. The Bertz CT molecular complexity index is 492. The lowest BCUT2D eigenvalue weighted by Gasteiger charge is -2.12. The fourth-order valence-electron chi connectivity index (χ4n) is 1.58. The second-order valence-electron chi connectivity index (χ2n) is 4.08. The van der Waals surface area contributed by atoms with E-state index in [0.717, 1.165) is 12.1 Å². The fourth-order valence-corrected chi connectivity index (χ4v) is 1.94. The third-order valence-electron chi connectivity index (χ3n) is 2.45. The Hall–Kier alpha value is -1.05. The molecule has 112 valence electrons. The average Bonchev–Trinajstić information content (AvgIpc) is 2.25. The summed E-state index contributed by atoms with van der Waals surface area (Å²) >= 11 is 2.86. The number of alkyl halides is 6. The van der Waals surface area contributed by atoms with E-state index in [1.165, 1.54) is 6.07 Å². The van der Waals surface area contributed by atoms with Gasteiger partial charge in [0.1, 0.15) is 0 Å². The van der Waals surface area contributed by atoms with Gasteiger partial charge in [0.2, 0.25) is 0 Å². The fraction of sp³-hybridized carbons (Fsp3) is 0.417. The molecule has 0 spiro atoms. The predicted octanol–water partition coefficient (Wildman–Crippen LogP) is 5.38. The Morgan fingerprint density at radius 1 is 1.10 bits per heavy atom. The Balaban J connectivity index is 2.88. The van der Waals surface area contributed by atoms with Crippen molar-refractivity contribution in [3.63, 3.8) is 0 Å². The first-order valence-corrected chi connectivity index (χ1v) is 6.27. The molecule has 0 aliphatic heterocycles. The van der Waals surface area contributed by atoms with Crippen LogP contribution in [0.1, 0.15) is 35.2 Å². The zero-order chi connectivity index (χ0) is 15.6. The number of hydrogen-bond acceptors (Lipinski definition) is 1. The minimum Gasteiger partial charge on any atom is -0.294 e. The SMILES string of the molecule is O=C(CCCC(F)(F)F)c1ccc(Br)cc1C(F)(F)F. The highest BCUT2D eigenvalue weighted by Crippen LogP contribution is 2.34. The molecule has 0 aliphatic rings. The largest absolute Gasteiger partial charge is 0.417 e. The molecule has 0 unspecified atom stereocenters. The number of halogens is 7. The van der Waals surface area contributed by atoms with Crippen molar-refractivity contribution in [2.24, 2.45) is 0 Å². The van der Waals surface area contributed by atoms with E-state index in [1.54, 1.807) is 0 Å². The van der Waals surface area contributed by atoms with Crippen LogP contribution < -0.4 is 0 Å². The van der Waals surface area contributed by atoms with Gasteiger partial charge in [0.05, 0.1) is 5.56 Å². The number of hydrogen-bond donors (Lipinski definition) is 0. The normalized spacial score (nSPS) is 12.6. The van der Waals surface area contributed by atoms with Gasteiger partial charge in [-0.15, -0.1) is 0 Å². The first-order valence-electron chi connectivity index (χ1n) is 5.47. The quantitative estimate of drug-likeness (QED) is 0.518. The van der Waals surface area contributed by atoms with Gasteiger partial charge in [0.15, 0.2) is 5.78 Å². The summed E-state index contributed by atoms with van der Waals surface area (Å²) in [6.07, 6.45) is -11.5. The summed E-state index contributed by atoms with van der Waals surface area (Å²) in [4.78, 5) is 11.6. The van der Waals surface area contributed by atoms with Crippen molar-refractivity contribution < 1.29 is 31.1 Å². The number of carbonyl (C=O) groups is 1. The van der Waals surface area contributed by atoms with Crippen molar-refractivity contribution >= 4 is 21.7 Å². The first-order chi connectivity index (χ1) is 9.00. The molecule has 0 aliphatic carbocycles. The van der Waals surface area contributed by atoms with Gasteiger partial charge in [-0.05, 0) is 24.6 Å². The van der Waals surface area contributed by atoms with Crippen molar-refractivity contribution in [3.8, 4) is 0 Å². The smallest absolute Gasteiger partial charge is 0.294 e. The van der Waals surface area contributed by atoms with Gasteiger partial charge in [-0.2, -0.15) is 26.3 Å². The molecular formula is C12H9BrF6O. The first kappa shape index (κ1) is 17.0. The van der Waals surface area contributed by atoms with Crippen molar-refractivity contribution in [2.45, 2.75) is 31.6 Å². The summed E-state index contributed by atoms with van der Waals surface area (Å²) in [7, 11) is 0. The minimum atomic E-state index is -4.74. The van der Waals surface area contributed by atoms with Crippen molar-refractivity contribution in [2.75, 3.05) is 0 Å². The molecule has 1 rings (SSSR count). The van der Waals surface area contributed by atoms with E-state index in [4.69, 9.17) is 0 Å². The summed E-state index contributed by atoms with van der Waals surface area (Å²) in [5, 5.41) is 0. The molecule has 0 N–H and O–H groups in total. The molecule has 0 radical (unpaired) electrons. The number of rotatable bonds is 4. The van der Waals surface area contributed by atoms with Crippen LogP contribution in [0.2, 0.25) is 0 Å². The van der Waals surface area contributed by atoms with Crippen molar-refractivity contribution in [3.05, 3.63) is 33.8 Å². The lowest BCUT2D eigenvalue weighted by Crippen LogP contribution is -2.14. The molecule has 1 nitrogen and oxygen atoms in total. The number of benzene rings is 1. The number of ketones is 1. The third-order valence-corrected chi connectivity index (χ3v) is 2.94. The van der Waals surface area contributed by atoms with Gasteiger partial charge in [-0.3, -0.25) is 4.79 Å². The molecule has 20 heavy (non-hydrogen) atoms. The zero-order valence-corrected chi connectivity index (χ0v) is 11.5. The van der Waals surface area contributed by atoms with Gasteiger partial charge >= 0.3 is 12.4 Å². The van der Waals surface area contributed by atoms with E-state index < -0.39 is 48.5 Å². The highest BCUT2D eigenvalue weighted by molar-refractivity contribution is 9.10. The van der Waals surface area contributed by atoms with E-state index in [9.17, 15) is 31.1 Å². The molecule has 0 fully saturated rings. The van der Waals surface area contributed by atoms with Gasteiger partial charge < -0.3 is 0 Å². The van der Waals surface area contributed by atoms with Crippen LogP contribution in [0.3, 0.4) is 0 Å². The van der Waals surface area contributed by atoms with Gasteiger partial charge in [-0.1, -0.05) is 15.9 Å². The van der Waals surface area contributed by atoms with Crippen LogP contribution in [-0.2, 0) is 6.18 Å². The average molecular weight is 363 g/mol. The van der Waals surface area contributed by atoms with Crippen LogP contribution in [0, 0.1) is 0 Å². The van der Waals surface area contributed by atoms with Crippen LogP contribution in [0.5, 0.6) is 0 Å². The lowest BCUT2D eigenvalue weighted by molar-refractivity contribution is -0.138. The predicted molar refractivity (Wildman–Crippen MR) is 63.4 cm³/mol. The Labute approximate surface area is 119 Å². The molecule has 0 heterocycles. The maximum absolute atomic E-state index is 12.7. The Morgan fingerprint density at radius 3 is 2.20 bits per heavy atom. The number of carbonyl (C=O) groups excluding carboxylic acids is 1. The third kappa shape index (κ3) is 5.15. The molecule has 0 amide bonds. The standard InChI is InChI=1S/C12H9BrF6O/c13-7-3-4-8(9(6-7)12(17,18)19)10(20)2-1-5-11(14,15)16/h3-4,6H,1-2,5H2. The van der Waals surface area contributed by atoms with Crippen LogP contribution in [-0.4, -0.2) is 12.0 Å². The van der Waals surface area contributed by atoms with E-state index in [1.807, 2.05) is 0 Å². The summed E-state index contributed by atoms with van der Waals surface area (Å²) in [6, 6.07) is 2.94. The maximum atomic E-state index is 12.7. The highest BCUT2D eigenvalue weighted by Gasteiger charge is 2.35. The van der Waals surface area contributed by atoms with E-state index >= 15 is 0 Å². The molecule has 8 heteroatoms.